The first-order valence-electron chi connectivity index (χ1n) is 4.75. The molecule has 0 saturated carbocycles. The zero-order valence-corrected chi connectivity index (χ0v) is 8.01. The van der Waals surface area contributed by atoms with E-state index in [2.05, 4.69) is 13.8 Å². The summed E-state index contributed by atoms with van der Waals surface area (Å²) in [6, 6.07) is 0.463. The molecule has 1 heterocycles. The molecular formula is C9H19N3. The molecule has 0 aromatic rings. The van der Waals surface area contributed by atoms with Crippen LogP contribution in [0.15, 0.2) is 0 Å². The summed E-state index contributed by atoms with van der Waals surface area (Å²) in [7, 11) is 0. The van der Waals surface area contributed by atoms with Crippen LogP contribution in [0.25, 0.3) is 0 Å². The first-order chi connectivity index (χ1) is 5.65. The van der Waals surface area contributed by atoms with Crippen molar-refractivity contribution >= 4 is 5.96 Å². The normalized spacial score (nSPS) is 30.3. The van der Waals surface area contributed by atoms with Crippen LogP contribution in [0.4, 0.5) is 0 Å². The number of nitrogens with two attached hydrogens (primary N) is 1. The maximum Gasteiger partial charge on any atom is 0.188 e. The van der Waals surface area contributed by atoms with Gasteiger partial charge in [0, 0.05) is 12.6 Å². The molecule has 0 radical (unpaired) electrons. The second kappa shape index (κ2) is 3.78. The van der Waals surface area contributed by atoms with Crippen molar-refractivity contribution in [3.8, 4) is 0 Å². The number of hydrogen-bond donors (Lipinski definition) is 2. The summed E-state index contributed by atoms with van der Waals surface area (Å²) in [6.07, 6.45) is 3.68. The Labute approximate surface area is 74.4 Å². The number of nitrogens with one attached hydrogen (secondary N) is 1. The lowest BCUT2D eigenvalue weighted by Gasteiger charge is -2.37. The Morgan fingerprint density at radius 1 is 1.58 bits per heavy atom. The van der Waals surface area contributed by atoms with Crippen molar-refractivity contribution in [1.29, 1.82) is 5.41 Å². The summed E-state index contributed by atoms with van der Waals surface area (Å²) in [5.74, 6) is 0.978. The third-order valence-corrected chi connectivity index (χ3v) is 2.87. The molecular weight excluding hydrogens is 150 g/mol. The average molecular weight is 169 g/mol. The van der Waals surface area contributed by atoms with Gasteiger partial charge < -0.3 is 10.6 Å². The van der Waals surface area contributed by atoms with Crippen LogP contribution in [-0.4, -0.2) is 23.4 Å². The number of hydrogen-bond acceptors (Lipinski definition) is 1. The molecule has 3 nitrogen and oxygen atoms in total. The van der Waals surface area contributed by atoms with Crippen molar-refractivity contribution in [2.24, 2.45) is 11.7 Å². The van der Waals surface area contributed by atoms with E-state index in [-0.39, 0.29) is 5.96 Å². The molecule has 1 fully saturated rings. The largest absolute Gasteiger partial charge is 0.370 e. The fourth-order valence-electron chi connectivity index (χ4n) is 1.85. The molecule has 0 spiro atoms. The Hall–Kier alpha value is -0.730. The van der Waals surface area contributed by atoms with Crippen LogP contribution in [0.3, 0.4) is 0 Å². The number of nitrogens with zero attached hydrogens (tertiary/aromatic N) is 1. The first-order valence-corrected chi connectivity index (χ1v) is 4.75. The lowest BCUT2D eigenvalue weighted by molar-refractivity contribution is 0.190. The summed E-state index contributed by atoms with van der Waals surface area (Å²) < 4.78 is 0. The van der Waals surface area contributed by atoms with Gasteiger partial charge in [-0.3, -0.25) is 5.41 Å². The molecule has 70 valence electrons. The van der Waals surface area contributed by atoms with Crippen molar-refractivity contribution in [2.75, 3.05) is 6.54 Å². The predicted molar refractivity (Wildman–Crippen MR) is 51.1 cm³/mol. The highest BCUT2D eigenvalue weighted by Crippen LogP contribution is 2.23. The van der Waals surface area contributed by atoms with Crippen LogP contribution in [-0.2, 0) is 0 Å². The van der Waals surface area contributed by atoms with Gasteiger partial charge >= 0.3 is 0 Å². The summed E-state index contributed by atoms with van der Waals surface area (Å²) in [5.41, 5.74) is 5.48. The summed E-state index contributed by atoms with van der Waals surface area (Å²) in [5, 5.41) is 7.39. The third-order valence-electron chi connectivity index (χ3n) is 2.87. The van der Waals surface area contributed by atoms with E-state index in [1.807, 2.05) is 4.90 Å². The molecule has 0 aliphatic carbocycles. The maximum absolute atomic E-state index is 7.39. The van der Waals surface area contributed by atoms with Crippen LogP contribution < -0.4 is 5.73 Å². The molecule has 1 aliphatic rings. The van der Waals surface area contributed by atoms with Gasteiger partial charge in [-0.25, -0.2) is 0 Å². The topological polar surface area (TPSA) is 53.1 Å². The molecule has 1 aliphatic heterocycles. The lowest BCUT2D eigenvalue weighted by atomic mass is 9.92. The van der Waals surface area contributed by atoms with Gasteiger partial charge in [0.2, 0.25) is 0 Å². The van der Waals surface area contributed by atoms with E-state index >= 15 is 0 Å². The highest BCUT2D eigenvalue weighted by Gasteiger charge is 2.24. The third kappa shape index (κ3) is 1.90. The lowest BCUT2D eigenvalue weighted by Crippen LogP contribution is -2.48. The number of likely N-dealkylation sites (tertiary alicyclic amines) is 1. The van der Waals surface area contributed by atoms with Gasteiger partial charge in [0.05, 0.1) is 0 Å². The van der Waals surface area contributed by atoms with Crippen LogP contribution in [0.5, 0.6) is 0 Å². The fourth-order valence-corrected chi connectivity index (χ4v) is 1.85. The number of rotatable bonds is 1. The van der Waals surface area contributed by atoms with E-state index in [0.29, 0.717) is 6.04 Å². The Kier molecular flexibility index (Phi) is 2.95. The summed E-state index contributed by atoms with van der Waals surface area (Å²) >= 11 is 0. The standard InChI is InChI=1S/C9H19N3/c1-3-8-5-4-7(2)12(6-8)9(10)11/h7-8H,3-6H2,1-2H3,(H3,10,11)/t7-,8+/m0/s1. The van der Waals surface area contributed by atoms with E-state index in [1.165, 1.54) is 19.3 Å². The minimum absolute atomic E-state index is 0.237. The van der Waals surface area contributed by atoms with Gasteiger partial charge in [0.15, 0.2) is 5.96 Å². The number of piperidine rings is 1. The second-order valence-corrected chi connectivity index (χ2v) is 3.74. The molecule has 3 heteroatoms. The van der Waals surface area contributed by atoms with Crippen LogP contribution >= 0.6 is 0 Å². The van der Waals surface area contributed by atoms with Crippen molar-refractivity contribution in [3.63, 3.8) is 0 Å². The minimum atomic E-state index is 0.237. The number of guanidine groups is 1. The van der Waals surface area contributed by atoms with Crippen molar-refractivity contribution in [2.45, 2.75) is 39.2 Å². The molecule has 2 atom stereocenters. The van der Waals surface area contributed by atoms with E-state index in [1.54, 1.807) is 0 Å². The second-order valence-electron chi connectivity index (χ2n) is 3.74. The van der Waals surface area contributed by atoms with E-state index < -0.39 is 0 Å². The quantitative estimate of drug-likeness (QED) is 0.460. The smallest absolute Gasteiger partial charge is 0.188 e. The molecule has 0 aromatic carbocycles. The Bertz CT molecular complexity index is 167. The van der Waals surface area contributed by atoms with Crippen molar-refractivity contribution < 1.29 is 0 Å². The maximum atomic E-state index is 7.39. The molecule has 0 amide bonds. The van der Waals surface area contributed by atoms with E-state index in [9.17, 15) is 0 Å². The van der Waals surface area contributed by atoms with Crippen molar-refractivity contribution in [1.82, 2.24) is 4.90 Å². The zero-order valence-electron chi connectivity index (χ0n) is 8.01. The van der Waals surface area contributed by atoms with Crippen LogP contribution in [0, 0.1) is 11.3 Å². The Balaban J connectivity index is 2.53. The first kappa shape index (κ1) is 9.36. The molecule has 0 aromatic heterocycles. The van der Waals surface area contributed by atoms with Gasteiger partial charge in [0.25, 0.3) is 0 Å². The highest BCUT2D eigenvalue weighted by atomic mass is 15.3. The SMILES string of the molecule is CC[C@@H]1CC[C@H](C)N(C(=N)N)C1. The fraction of sp³-hybridized carbons (Fsp3) is 0.889. The molecule has 0 bridgehead atoms. The monoisotopic (exact) mass is 169 g/mol. The van der Waals surface area contributed by atoms with Gasteiger partial charge in [-0.1, -0.05) is 13.3 Å². The zero-order chi connectivity index (χ0) is 9.14. The van der Waals surface area contributed by atoms with E-state index in [0.717, 1.165) is 12.5 Å². The predicted octanol–water partition coefficient (Wildman–Crippen LogP) is 1.39. The minimum Gasteiger partial charge on any atom is -0.370 e. The van der Waals surface area contributed by atoms with E-state index in [4.69, 9.17) is 11.1 Å². The Morgan fingerprint density at radius 3 is 2.75 bits per heavy atom. The summed E-state index contributed by atoms with van der Waals surface area (Å²) in [6.45, 7) is 5.33. The molecule has 1 rings (SSSR count). The molecule has 0 unspecified atom stereocenters. The molecule has 1 saturated heterocycles. The van der Waals surface area contributed by atoms with Crippen LogP contribution in [0.2, 0.25) is 0 Å². The van der Waals surface area contributed by atoms with Crippen LogP contribution in [0.1, 0.15) is 33.1 Å². The van der Waals surface area contributed by atoms with Gasteiger partial charge in [-0.15, -0.1) is 0 Å². The summed E-state index contributed by atoms with van der Waals surface area (Å²) in [4.78, 5) is 2.01. The van der Waals surface area contributed by atoms with Gasteiger partial charge in [-0.2, -0.15) is 0 Å². The molecule has 3 N–H and O–H groups in total. The van der Waals surface area contributed by atoms with Crippen molar-refractivity contribution in [3.05, 3.63) is 0 Å². The average Bonchev–Trinajstić information content (AvgIpc) is 2.05. The molecule has 12 heavy (non-hydrogen) atoms. The highest BCUT2D eigenvalue weighted by molar-refractivity contribution is 5.75. The van der Waals surface area contributed by atoms with Gasteiger partial charge in [0.1, 0.15) is 0 Å². The Morgan fingerprint density at radius 2 is 2.25 bits per heavy atom. The van der Waals surface area contributed by atoms with Gasteiger partial charge in [-0.05, 0) is 25.7 Å².